The van der Waals surface area contributed by atoms with E-state index in [1.165, 1.54) is 0 Å². The van der Waals surface area contributed by atoms with Crippen LogP contribution in [-0.2, 0) is 16.1 Å². The second kappa shape index (κ2) is 9.08. The fourth-order valence-corrected chi connectivity index (χ4v) is 3.72. The van der Waals surface area contributed by atoms with E-state index in [2.05, 4.69) is 36.2 Å². The summed E-state index contributed by atoms with van der Waals surface area (Å²) in [7, 11) is 0. The van der Waals surface area contributed by atoms with Crippen molar-refractivity contribution in [1.29, 1.82) is 0 Å². The van der Waals surface area contributed by atoms with E-state index in [1.54, 1.807) is 10.7 Å². The Morgan fingerprint density at radius 1 is 1.18 bits per heavy atom. The topological polar surface area (TPSA) is 95.9 Å². The highest BCUT2D eigenvalue weighted by Crippen LogP contribution is 2.30. The number of fused-ring (bicyclic) bond motifs is 1. The maximum absolute atomic E-state index is 6.21. The molecular weight excluding hydrogens is 434 g/mol. The molecule has 0 bridgehead atoms. The first-order valence-corrected chi connectivity index (χ1v) is 11.4. The van der Waals surface area contributed by atoms with Gasteiger partial charge in [0, 0.05) is 12.1 Å². The van der Waals surface area contributed by atoms with Crippen LogP contribution >= 0.6 is 0 Å². The molecule has 5 rings (SSSR count). The predicted molar refractivity (Wildman–Crippen MR) is 127 cm³/mol. The number of nitrogens with zero attached hydrogens (tertiary/aromatic N) is 4. The largest absolute Gasteiger partial charge is 0.458 e. The molecule has 3 aromatic heterocycles. The number of anilines is 1. The first kappa shape index (κ1) is 22.4. The van der Waals surface area contributed by atoms with Gasteiger partial charge in [-0.2, -0.15) is 19.6 Å². The van der Waals surface area contributed by atoms with Gasteiger partial charge in [-0.3, -0.25) is 0 Å². The van der Waals surface area contributed by atoms with Gasteiger partial charge >= 0.3 is 0 Å². The number of nitrogens with one attached hydrogen (secondary N) is 1. The molecule has 1 fully saturated rings. The molecule has 0 saturated carbocycles. The molecule has 178 valence electrons. The summed E-state index contributed by atoms with van der Waals surface area (Å²) in [6.07, 6.45) is 2.72. The van der Waals surface area contributed by atoms with Crippen molar-refractivity contribution in [3.63, 3.8) is 0 Å². The highest BCUT2D eigenvalue weighted by Gasteiger charge is 2.21. The van der Waals surface area contributed by atoms with Gasteiger partial charge < -0.3 is 23.9 Å². The van der Waals surface area contributed by atoms with Crippen molar-refractivity contribution in [2.75, 3.05) is 18.5 Å². The first-order valence-electron chi connectivity index (χ1n) is 11.4. The number of furan rings is 1. The van der Waals surface area contributed by atoms with Gasteiger partial charge in [-0.15, -0.1) is 0 Å². The Hall–Kier alpha value is -3.43. The number of rotatable bonds is 7. The minimum atomic E-state index is -0.228. The molecule has 0 aliphatic carbocycles. The third kappa shape index (κ3) is 5.05. The lowest BCUT2D eigenvalue weighted by atomic mass is 10.1. The highest BCUT2D eigenvalue weighted by molar-refractivity contribution is 5.63. The monoisotopic (exact) mass is 463 g/mol. The van der Waals surface area contributed by atoms with Crippen LogP contribution in [0.1, 0.15) is 38.5 Å². The fourth-order valence-electron chi connectivity index (χ4n) is 3.72. The van der Waals surface area contributed by atoms with Gasteiger partial charge in [0.1, 0.15) is 11.5 Å². The molecule has 9 nitrogen and oxygen atoms in total. The molecule has 1 saturated heterocycles. The van der Waals surface area contributed by atoms with Gasteiger partial charge in [0.25, 0.3) is 0 Å². The minimum Gasteiger partial charge on any atom is -0.458 e. The van der Waals surface area contributed by atoms with E-state index in [4.69, 9.17) is 23.6 Å². The summed E-state index contributed by atoms with van der Waals surface area (Å²) in [6.45, 7) is 9.97. The number of benzene rings is 1. The zero-order valence-corrected chi connectivity index (χ0v) is 19.9. The van der Waals surface area contributed by atoms with Crippen molar-refractivity contribution >= 4 is 11.6 Å². The van der Waals surface area contributed by atoms with Crippen molar-refractivity contribution < 1.29 is 18.6 Å². The second-order valence-electron chi connectivity index (χ2n) is 9.45. The summed E-state index contributed by atoms with van der Waals surface area (Å²) in [5.74, 6) is 3.60. The lowest BCUT2D eigenvalue weighted by Crippen LogP contribution is -2.27. The van der Waals surface area contributed by atoms with Crippen molar-refractivity contribution in [3.05, 3.63) is 53.9 Å². The second-order valence-corrected chi connectivity index (χ2v) is 9.45. The van der Waals surface area contributed by atoms with Crippen molar-refractivity contribution in [1.82, 2.24) is 19.6 Å². The number of aryl methyl sites for hydroxylation is 1. The van der Waals surface area contributed by atoms with E-state index in [0.717, 1.165) is 24.4 Å². The Kier molecular flexibility index (Phi) is 5.97. The van der Waals surface area contributed by atoms with Crippen LogP contribution in [-0.4, -0.2) is 44.4 Å². The van der Waals surface area contributed by atoms with Gasteiger partial charge in [0.15, 0.2) is 11.5 Å². The number of ether oxygens (including phenoxy) is 3. The predicted octanol–water partition coefficient (Wildman–Crippen LogP) is 5.00. The summed E-state index contributed by atoms with van der Waals surface area (Å²) in [5, 5.41) is 7.83. The van der Waals surface area contributed by atoms with Gasteiger partial charge in [-0.05, 0) is 63.9 Å². The fraction of sp³-hybridized carbons (Fsp3) is 0.400. The van der Waals surface area contributed by atoms with Gasteiger partial charge in [-0.25, -0.2) is 0 Å². The first-order chi connectivity index (χ1) is 16.3. The molecule has 0 radical (unpaired) electrons. The minimum absolute atomic E-state index is 0.151. The molecule has 1 N–H and O–H groups in total. The standard InChI is InChI=1S/C25H29N5O4/c1-16-8-9-20(33-16)22-27-24(29-25(2,3)4)28-23-21(13-26-30(22)23)34-18-7-5-6-17(12-18)14-32-19-10-11-31-15-19/h5-9,12-13,19H,10-11,14-15H2,1-4H3,(H,28,29)/t19-/m0/s1. The van der Waals surface area contributed by atoms with Crippen molar-refractivity contribution in [3.8, 4) is 23.1 Å². The van der Waals surface area contributed by atoms with Crippen LogP contribution in [0.15, 0.2) is 47.0 Å². The van der Waals surface area contributed by atoms with Gasteiger partial charge in [0.2, 0.25) is 17.4 Å². The number of aromatic nitrogens is 4. The molecule has 0 spiro atoms. The maximum Gasteiger partial charge on any atom is 0.227 e. The smallest absolute Gasteiger partial charge is 0.227 e. The molecule has 4 heterocycles. The van der Waals surface area contributed by atoms with Crippen LogP contribution < -0.4 is 10.1 Å². The van der Waals surface area contributed by atoms with Crippen molar-refractivity contribution in [2.45, 2.75) is 52.4 Å². The maximum atomic E-state index is 6.21. The lowest BCUT2D eigenvalue weighted by Gasteiger charge is -2.20. The van der Waals surface area contributed by atoms with Gasteiger partial charge in [0.05, 0.1) is 25.5 Å². The Bertz CT molecular complexity index is 1280. The lowest BCUT2D eigenvalue weighted by molar-refractivity contribution is 0.0317. The average molecular weight is 464 g/mol. The van der Waals surface area contributed by atoms with Crippen LogP contribution in [0.2, 0.25) is 0 Å². The van der Waals surface area contributed by atoms with Crippen LogP contribution in [0.4, 0.5) is 5.95 Å². The molecule has 1 atom stereocenters. The highest BCUT2D eigenvalue weighted by atomic mass is 16.5. The number of hydrogen-bond donors (Lipinski definition) is 1. The average Bonchev–Trinajstić information content (AvgIpc) is 3.53. The van der Waals surface area contributed by atoms with E-state index in [-0.39, 0.29) is 11.6 Å². The normalized spacial score (nSPS) is 16.3. The Balaban J connectivity index is 1.45. The summed E-state index contributed by atoms with van der Waals surface area (Å²) in [5.41, 5.74) is 1.34. The number of hydrogen-bond acceptors (Lipinski definition) is 8. The Morgan fingerprint density at radius 2 is 2.06 bits per heavy atom. The summed E-state index contributed by atoms with van der Waals surface area (Å²) >= 11 is 0. The zero-order chi connectivity index (χ0) is 23.7. The van der Waals surface area contributed by atoms with E-state index in [0.29, 0.717) is 47.9 Å². The Morgan fingerprint density at radius 3 is 2.79 bits per heavy atom. The van der Waals surface area contributed by atoms with Crippen LogP contribution in [0, 0.1) is 6.92 Å². The third-order valence-corrected chi connectivity index (χ3v) is 5.28. The third-order valence-electron chi connectivity index (χ3n) is 5.28. The van der Waals surface area contributed by atoms with Crippen LogP contribution in [0.25, 0.3) is 17.2 Å². The molecule has 1 aliphatic rings. The molecule has 0 unspecified atom stereocenters. The molecule has 1 aliphatic heterocycles. The molecule has 1 aromatic carbocycles. The molecular formula is C25H29N5O4. The summed E-state index contributed by atoms with van der Waals surface area (Å²) in [4.78, 5) is 9.36. The molecule has 9 heteroatoms. The van der Waals surface area contributed by atoms with Crippen LogP contribution in [0.3, 0.4) is 0 Å². The molecule has 0 amide bonds. The summed E-state index contributed by atoms with van der Waals surface area (Å²) in [6, 6.07) is 11.6. The molecule has 4 aromatic rings. The van der Waals surface area contributed by atoms with E-state index < -0.39 is 0 Å². The molecule has 34 heavy (non-hydrogen) atoms. The van der Waals surface area contributed by atoms with E-state index in [1.807, 2.05) is 43.3 Å². The van der Waals surface area contributed by atoms with Gasteiger partial charge in [-0.1, -0.05) is 12.1 Å². The van der Waals surface area contributed by atoms with Crippen LogP contribution in [0.5, 0.6) is 11.5 Å². The van der Waals surface area contributed by atoms with E-state index in [9.17, 15) is 0 Å². The zero-order valence-electron chi connectivity index (χ0n) is 19.9. The summed E-state index contributed by atoms with van der Waals surface area (Å²) < 4.78 is 25.0. The SMILES string of the molecule is Cc1ccc(-c2nc(NC(C)(C)C)nc3c(Oc4cccc(CO[C@H]5CCOC5)c4)cnn23)o1. The van der Waals surface area contributed by atoms with Crippen molar-refractivity contribution in [2.24, 2.45) is 0 Å². The van der Waals surface area contributed by atoms with E-state index >= 15 is 0 Å². The quantitative estimate of drug-likeness (QED) is 0.409. The Labute approximate surface area is 198 Å².